The summed E-state index contributed by atoms with van der Waals surface area (Å²) in [6.07, 6.45) is 17.1. The van der Waals surface area contributed by atoms with Crippen molar-refractivity contribution < 1.29 is 9.31 Å². The van der Waals surface area contributed by atoms with Crippen molar-refractivity contribution in [1.29, 1.82) is 0 Å². The lowest BCUT2D eigenvalue weighted by Gasteiger charge is -2.21. The summed E-state index contributed by atoms with van der Waals surface area (Å²) in [5.41, 5.74) is 1.24. The maximum Gasteiger partial charge on any atom is 0.493 e. The maximum absolute atomic E-state index is 5.74. The van der Waals surface area contributed by atoms with Crippen LogP contribution in [0.5, 0.6) is 0 Å². The molecule has 2 nitrogen and oxygen atoms in total. The van der Waals surface area contributed by atoms with Gasteiger partial charge in [-0.25, -0.2) is 0 Å². The van der Waals surface area contributed by atoms with E-state index < -0.39 is 0 Å². The van der Waals surface area contributed by atoms with E-state index in [9.17, 15) is 0 Å². The first kappa shape index (κ1) is 14.9. The van der Waals surface area contributed by atoms with Crippen LogP contribution in [0.3, 0.4) is 0 Å². The monoisotopic (exact) mass is 262 g/mol. The molecular formula is C16H27BO2. The minimum Gasteiger partial charge on any atom is -0.407 e. The van der Waals surface area contributed by atoms with E-state index in [1.165, 1.54) is 44.0 Å². The van der Waals surface area contributed by atoms with Crippen LogP contribution in [0.15, 0.2) is 23.7 Å². The summed E-state index contributed by atoms with van der Waals surface area (Å²) >= 11 is 0. The van der Waals surface area contributed by atoms with Crippen LogP contribution in [0.25, 0.3) is 0 Å². The highest BCUT2D eigenvalue weighted by Crippen LogP contribution is 2.26. The number of hydrogen-bond donors (Lipinski definition) is 0. The minimum absolute atomic E-state index is 0.122. The minimum atomic E-state index is -0.122. The molecule has 1 aliphatic carbocycles. The molecule has 0 amide bonds. The smallest absolute Gasteiger partial charge is 0.407 e. The molecule has 2 rings (SSSR count). The summed E-state index contributed by atoms with van der Waals surface area (Å²) in [5, 5.41) is 0. The molecule has 0 atom stereocenters. The van der Waals surface area contributed by atoms with Crippen molar-refractivity contribution in [3.8, 4) is 0 Å². The second kappa shape index (κ2) is 8.60. The Kier molecular flexibility index (Phi) is 6.73. The van der Waals surface area contributed by atoms with Crippen molar-refractivity contribution in [1.82, 2.24) is 0 Å². The van der Waals surface area contributed by atoms with E-state index in [0.29, 0.717) is 0 Å². The fourth-order valence-corrected chi connectivity index (χ4v) is 2.79. The van der Waals surface area contributed by atoms with Crippen LogP contribution in [0, 0.1) is 5.92 Å². The van der Waals surface area contributed by atoms with Gasteiger partial charge in [0.2, 0.25) is 0 Å². The highest BCUT2D eigenvalue weighted by molar-refractivity contribution is 6.54. The molecule has 0 radical (unpaired) electrons. The molecule has 19 heavy (non-hydrogen) atoms. The van der Waals surface area contributed by atoms with Crippen LogP contribution in [0.2, 0.25) is 0 Å². The van der Waals surface area contributed by atoms with Gasteiger partial charge >= 0.3 is 7.12 Å². The molecule has 0 aromatic carbocycles. The molecule has 0 aromatic rings. The van der Waals surface area contributed by atoms with Crippen molar-refractivity contribution in [2.45, 2.75) is 58.3 Å². The van der Waals surface area contributed by atoms with Gasteiger partial charge in [-0.1, -0.05) is 50.8 Å². The Hall–Kier alpha value is -0.535. The summed E-state index contributed by atoms with van der Waals surface area (Å²) in [5.74, 6) is 0.776. The van der Waals surface area contributed by atoms with Crippen LogP contribution in [0.4, 0.5) is 0 Å². The average Bonchev–Trinajstić information content (AvgIpc) is 2.97. The van der Waals surface area contributed by atoms with Crippen molar-refractivity contribution in [3.63, 3.8) is 0 Å². The van der Waals surface area contributed by atoms with E-state index in [0.717, 1.165) is 32.0 Å². The molecule has 1 aliphatic heterocycles. The zero-order valence-corrected chi connectivity index (χ0v) is 12.3. The van der Waals surface area contributed by atoms with Crippen molar-refractivity contribution >= 4 is 7.12 Å². The third-order valence-corrected chi connectivity index (χ3v) is 4.00. The first-order valence-corrected chi connectivity index (χ1v) is 8.01. The second-order valence-electron chi connectivity index (χ2n) is 5.68. The van der Waals surface area contributed by atoms with E-state index in [1.54, 1.807) is 0 Å². The lowest BCUT2D eigenvalue weighted by molar-refractivity contribution is 0.140. The maximum atomic E-state index is 5.74. The highest BCUT2D eigenvalue weighted by Gasteiger charge is 2.25. The normalized spacial score (nSPS) is 22.6. The van der Waals surface area contributed by atoms with Crippen LogP contribution < -0.4 is 0 Å². The quantitative estimate of drug-likeness (QED) is 0.403. The largest absolute Gasteiger partial charge is 0.493 e. The molecule has 106 valence electrons. The molecule has 0 unspecified atom stereocenters. The van der Waals surface area contributed by atoms with Crippen LogP contribution in [-0.2, 0) is 9.31 Å². The highest BCUT2D eigenvalue weighted by atomic mass is 16.6. The van der Waals surface area contributed by atoms with Gasteiger partial charge in [0.05, 0.1) is 0 Å². The second-order valence-corrected chi connectivity index (χ2v) is 5.68. The van der Waals surface area contributed by atoms with Crippen LogP contribution >= 0.6 is 0 Å². The van der Waals surface area contributed by atoms with Gasteiger partial charge in [-0.2, -0.15) is 0 Å². The molecular weight excluding hydrogens is 235 g/mol. The molecule has 1 saturated heterocycles. The summed E-state index contributed by atoms with van der Waals surface area (Å²) < 4.78 is 11.5. The number of unbranched alkanes of at least 4 members (excludes halogenated alkanes) is 2. The molecule has 1 saturated carbocycles. The van der Waals surface area contributed by atoms with E-state index in [-0.39, 0.29) is 7.12 Å². The standard InChI is InChI=1S/C16H27BO2/c1-2-3-4-10-16(17-18-13-7-14-19-17)12-11-15-8-5-6-9-15/h10-12,15H,2-9,13-14H2,1H3/b12-11+,16-10-. The summed E-state index contributed by atoms with van der Waals surface area (Å²) in [6, 6.07) is 0. The van der Waals surface area contributed by atoms with Gasteiger partial charge < -0.3 is 9.31 Å². The first-order chi connectivity index (χ1) is 9.40. The van der Waals surface area contributed by atoms with Crippen molar-refractivity contribution in [2.24, 2.45) is 5.92 Å². The molecule has 3 heteroatoms. The lowest BCUT2D eigenvalue weighted by atomic mass is 9.75. The van der Waals surface area contributed by atoms with Gasteiger partial charge in [0.15, 0.2) is 0 Å². The van der Waals surface area contributed by atoms with Gasteiger partial charge in [0.25, 0.3) is 0 Å². The zero-order chi connectivity index (χ0) is 13.3. The third kappa shape index (κ3) is 5.16. The third-order valence-electron chi connectivity index (χ3n) is 4.00. The number of allylic oxidation sites excluding steroid dienone is 4. The molecule has 2 fully saturated rings. The van der Waals surface area contributed by atoms with E-state index in [2.05, 4.69) is 25.2 Å². The number of rotatable bonds is 6. The summed E-state index contributed by atoms with van der Waals surface area (Å²) in [4.78, 5) is 0. The lowest BCUT2D eigenvalue weighted by Crippen LogP contribution is -2.31. The summed E-state index contributed by atoms with van der Waals surface area (Å²) in [7, 11) is -0.122. The van der Waals surface area contributed by atoms with Gasteiger partial charge in [0.1, 0.15) is 0 Å². The van der Waals surface area contributed by atoms with Crippen LogP contribution in [0.1, 0.15) is 58.3 Å². The van der Waals surface area contributed by atoms with E-state index in [1.807, 2.05) is 0 Å². The molecule has 0 aromatic heterocycles. The SMILES string of the molecule is CCCC/C=C(/C=C/C1CCCC1)B1OCCCO1. The Bertz CT molecular complexity index is 300. The molecule has 0 N–H and O–H groups in total. The fourth-order valence-electron chi connectivity index (χ4n) is 2.79. The Morgan fingerprint density at radius 2 is 1.89 bits per heavy atom. The zero-order valence-electron chi connectivity index (χ0n) is 12.3. The molecule has 2 aliphatic rings. The van der Waals surface area contributed by atoms with E-state index in [4.69, 9.17) is 9.31 Å². The van der Waals surface area contributed by atoms with Gasteiger partial charge in [-0.15, -0.1) is 0 Å². The van der Waals surface area contributed by atoms with E-state index >= 15 is 0 Å². The van der Waals surface area contributed by atoms with Crippen molar-refractivity contribution in [3.05, 3.63) is 23.7 Å². The number of hydrogen-bond acceptors (Lipinski definition) is 2. The average molecular weight is 262 g/mol. The predicted molar refractivity (Wildman–Crippen MR) is 81.0 cm³/mol. The van der Waals surface area contributed by atoms with Crippen LogP contribution in [-0.4, -0.2) is 20.3 Å². The first-order valence-electron chi connectivity index (χ1n) is 8.01. The fraction of sp³-hybridized carbons (Fsp3) is 0.750. The molecule has 0 bridgehead atoms. The Balaban J connectivity index is 1.93. The Labute approximate surface area is 118 Å². The Morgan fingerprint density at radius 3 is 2.58 bits per heavy atom. The van der Waals surface area contributed by atoms with Gasteiger partial charge in [0, 0.05) is 13.2 Å². The molecule has 0 spiro atoms. The van der Waals surface area contributed by atoms with Gasteiger partial charge in [-0.05, 0) is 37.1 Å². The predicted octanol–water partition coefficient (Wildman–Crippen LogP) is 4.31. The Morgan fingerprint density at radius 1 is 1.16 bits per heavy atom. The topological polar surface area (TPSA) is 18.5 Å². The molecule has 1 heterocycles. The van der Waals surface area contributed by atoms with Gasteiger partial charge in [-0.3, -0.25) is 0 Å². The van der Waals surface area contributed by atoms with Crippen molar-refractivity contribution in [2.75, 3.05) is 13.2 Å². The summed E-state index contributed by atoms with van der Waals surface area (Å²) in [6.45, 7) is 3.88.